The molecule has 5 nitrogen and oxygen atoms in total. The van der Waals surface area contributed by atoms with Crippen LogP contribution in [0.1, 0.15) is 46.8 Å². The monoisotopic (exact) mass is 537 g/mol. The van der Waals surface area contributed by atoms with Crippen molar-refractivity contribution in [2.45, 2.75) is 32.9 Å². The van der Waals surface area contributed by atoms with E-state index in [0.29, 0.717) is 36.2 Å². The van der Waals surface area contributed by atoms with Crippen LogP contribution in [-0.4, -0.2) is 24.9 Å². The van der Waals surface area contributed by atoms with Crippen LogP contribution in [0.4, 0.5) is 23.2 Å². The fraction of sp³-hybridized carbons (Fsp3) is 0.259. The third-order valence-corrected chi connectivity index (χ3v) is 5.51. The van der Waals surface area contributed by atoms with E-state index in [1.54, 1.807) is 25.1 Å². The number of aryl methyl sites for hydroxylation is 1. The maximum absolute atomic E-state index is 13.8. The molecule has 0 fully saturated rings. The zero-order valence-electron chi connectivity index (χ0n) is 20.0. The molecule has 37 heavy (non-hydrogen) atoms. The lowest BCUT2D eigenvalue weighted by atomic mass is 10.00. The molecule has 0 bridgehead atoms. The first-order valence-corrected chi connectivity index (χ1v) is 11.7. The van der Waals surface area contributed by atoms with Gasteiger partial charge in [-0.2, -0.15) is 13.2 Å². The van der Waals surface area contributed by atoms with Crippen molar-refractivity contribution in [1.82, 2.24) is 0 Å². The number of hydrogen-bond donors (Lipinski definition) is 1. The number of ether oxygens (including phenoxy) is 2. The van der Waals surface area contributed by atoms with Gasteiger partial charge in [0.05, 0.1) is 17.7 Å². The van der Waals surface area contributed by atoms with Gasteiger partial charge in [-0.1, -0.05) is 24.9 Å². The molecule has 0 radical (unpaired) electrons. The molecular weight excluding hydrogens is 514 g/mol. The number of benzene rings is 3. The van der Waals surface area contributed by atoms with Gasteiger partial charge >= 0.3 is 6.18 Å². The van der Waals surface area contributed by atoms with Crippen molar-refractivity contribution in [3.63, 3.8) is 0 Å². The molecule has 1 amide bonds. The topological polar surface area (TPSA) is 64.6 Å². The van der Waals surface area contributed by atoms with Gasteiger partial charge in [-0.15, -0.1) is 0 Å². The SMILES string of the molecule is CCCCOc1ccc(NC(=O)COc2ccc(Cl)cc2C(=O)c2cc(F)cc(C(F)(F)F)c2)c(C)c1. The number of amides is 1. The lowest BCUT2D eigenvalue weighted by Crippen LogP contribution is -2.21. The van der Waals surface area contributed by atoms with Crippen molar-refractivity contribution in [3.05, 3.63) is 87.7 Å². The average molecular weight is 538 g/mol. The molecule has 0 atom stereocenters. The van der Waals surface area contributed by atoms with E-state index in [0.717, 1.165) is 18.4 Å². The van der Waals surface area contributed by atoms with Gasteiger partial charge in [0, 0.05) is 16.3 Å². The van der Waals surface area contributed by atoms with Gasteiger partial charge in [-0.25, -0.2) is 4.39 Å². The first-order chi connectivity index (χ1) is 17.5. The summed E-state index contributed by atoms with van der Waals surface area (Å²) in [5, 5.41) is 2.79. The average Bonchev–Trinajstić information content (AvgIpc) is 2.83. The maximum atomic E-state index is 13.8. The zero-order chi connectivity index (χ0) is 27.2. The van der Waals surface area contributed by atoms with E-state index in [4.69, 9.17) is 21.1 Å². The summed E-state index contributed by atoms with van der Waals surface area (Å²) in [5.41, 5.74) is -0.777. The van der Waals surface area contributed by atoms with Gasteiger partial charge in [-0.05, 0) is 73.5 Å². The molecule has 3 aromatic carbocycles. The van der Waals surface area contributed by atoms with Crippen LogP contribution in [0.2, 0.25) is 5.02 Å². The summed E-state index contributed by atoms with van der Waals surface area (Å²) in [6.45, 7) is 3.94. The molecule has 0 aliphatic heterocycles. The van der Waals surface area contributed by atoms with Crippen LogP contribution < -0.4 is 14.8 Å². The molecule has 0 heterocycles. The van der Waals surface area contributed by atoms with E-state index in [9.17, 15) is 27.2 Å². The Bertz CT molecular complexity index is 1290. The molecule has 0 aliphatic rings. The number of alkyl halides is 3. The van der Waals surface area contributed by atoms with Crippen LogP contribution in [0.5, 0.6) is 11.5 Å². The standard InChI is InChI=1S/C27H24ClF4NO4/c1-3-4-9-36-21-6-7-23(16(2)10-21)33-25(34)15-37-24-8-5-19(28)14-22(24)26(35)17-11-18(27(30,31)32)13-20(29)12-17/h5-8,10-14H,3-4,9,15H2,1-2H3,(H,33,34). The number of hydrogen-bond acceptors (Lipinski definition) is 4. The Morgan fingerprint density at radius 2 is 1.76 bits per heavy atom. The lowest BCUT2D eigenvalue weighted by Gasteiger charge is -2.14. The van der Waals surface area contributed by atoms with Crippen molar-refractivity contribution in [1.29, 1.82) is 0 Å². The summed E-state index contributed by atoms with van der Waals surface area (Å²) >= 11 is 5.97. The number of anilines is 1. The Balaban J connectivity index is 1.73. The molecule has 0 spiro atoms. The van der Waals surface area contributed by atoms with Gasteiger partial charge < -0.3 is 14.8 Å². The van der Waals surface area contributed by atoms with Crippen molar-refractivity contribution in [3.8, 4) is 11.5 Å². The molecule has 0 saturated heterocycles. The van der Waals surface area contributed by atoms with Crippen molar-refractivity contribution < 1.29 is 36.6 Å². The number of carbonyl (C=O) groups excluding carboxylic acids is 2. The molecule has 0 unspecified atom stereocenters. The number of halogens is 5. The fourth-order valence-corrected chi connectivity index (χ4v) is 3.55. The minimum Gasteiger partial charge on any atom is -0.494 e. The quantitative estimate of drug-likeness (QED) is 0.168. The van der Waals surface area contributed by atoms with E-state index in [-0.39, 0.29) is 16.3 Å². The van der Waals surface area contributed by atoms with Gasteiger partial charge in [0.15, 0.2) is 12.4 Å². The highest BCUT2D eigenvalue weighted by atomic mass is 35.5. The van der Waals surface area contributed by atoms with Gasteiger partial charge in [0.25, 0.3) is 5.91 Å². The summed E-state index contributed by atoms with van der Waals surface area (Å²) in [6.07, 6.45) is -2.92. The van der Waals surface area contributed by atoms with Gasteiger partial charge in [0.2, 0.25) is 0 Å². The van der Waals surface area contributed by atoms with Crippen LogP contribution >= 0.6 is 11.6 Å². The van der Waals surface area contributed by atoms with E-state index in [1.165, 1.54) is 18.2 Å². The first kappa shape index (κ1) is 28.0. The Kier molecular flexibility index (Phi) is 9.15. The van der Waals surface area contributed by atoms with E-state index in [1.807, 2.05) is 0 Å². The summed E-state index contributed by atoms with van der Waals surface area (Å²) in [7, 11) is 0. The Morgan fingerprint density at radius 3 is 2.43 bits per heavy atom. The molecule has 0 aliphatic carbocycles. The number of unbranched alkanes of at least 4 members (excludes halogenated alkanes) is 1. The Morgan fingerprint density at radius 1 is 1.00 bits per heavy atom. The maximum Gasteiger partial charge on any atom is 0.416 e. The van der Waals surface area contributed by atoms with Crippen molar-refractivity contribution >= 4 is 29.0 Å². The summed E-state index contributed by atoms with van der Waals surface area (Å²) in [6, 6.07) is 10.6. The second-order valence-electron chi connectivity index (χ2n) is 8.21. The largest absolute Gasteiger partial charge is 0.494 e. The van der Waals surface area contributed by atoms with Crippen LogP contribution in [-0.2, 0) is 11.0 Å². The highest BCUT2D eigenvalue weighted by Crippen LogP contribution is 2.32. The van der Waals surface area contributed by atoms with Gasteiger partial charge in [-0.3, -0.25) is 9.59 Å². The molecule has 3 aromatic rings. The van der Waals surface area contributed by atoms with E-state index < -0.39 is 41.4 Å². The highest BCUT2D eigenvalue weighted by molar-refractivity contribution is 6.31. The smallest absolute Gasteiger partial charge is 0.416 e. The van der Waals surface area contributed by atoms with E-state index in [2.05, 4.69) is 12.2 Å². The van der Waals surface area contributed by atoms with E-state index >= 15 is 0 Å². The number of ketones is 1. The van der Waals surface area contributed by atoms with Crippen molar-refractivity contribution in [2.24, 2.45) is 0 Å². The fourth-order valence-electron chi connectivity index (χ4n) is 3.38. The molecule has 10 heteroatoms. The Labute approximate surface area is 216 Å². The minimum absolute atomic E-state index is 0.0984. The highest BCUT2D eigenvalue weighted by Gasteiger charge is 2.32. The second kappa shape index (κ2) is 12.1. The van der Waals surface area contributed by atoms with Gasteiger partial charge in [0.1, 0.15) is 17.3 Å². The third-order valence-electron chi connectivity index (χ3n) is 5.27. The lowest BCUT2D eigenvalue weighted by molar-refractivity contribution is -0.137. The zero-order valence-corrected chi connectivity index (χ0v) is 20.8. The molecule has 0 aromatic heterocycles. The van der Waals surface area contributed by atoms with Crippen LogP contribution in [0.15, 0.2) is 54.6 Å². The molecular formula is C27H24ClF4NO4. The number of carbonyl (C=O) groups is 2. The summed E-state index contributed by atoms with van der Waals surface area (Å²) in [4.78, 5) is 25.5. The van der Waals surface area contributed by atoms with Crippen LogP contribution in [0.3, 0.4) is 0 Å². The third kappa shape index (κ3) is 7.69. The predicted octanol–water partition coefficient (Wildman–Crippen LogP) is 7.23. The normalized spacial score (nSPS) is 11.2. The summed E-state index contributed by atoms with van der Waals surface area (Å²) in [5.74, 6) is -2.13. The molecule has 3 rings (SSSR count). The van der Waals surface area contributed by atoms with Crippen LogP contribution in [0.25, 0.3) is 0 Å². The summed E-state index contributed by atoms with van der Waals surface area (Å²) < 4.78 is 64.2. The van der Waals surface area contributed by atoms with Crippen molar-refractivity contribution in [2.75, 3.05) is 18.5 Å². The molecule has 0 saturated carbocycles. The minimum atomic E-state index is -4.85. The number of rotatable bonds is 10. The molecule has 1 N–H and O–H groups in total. The first-order valence-electron chi connectivity index (χ1n) is 11.4. The molecule has 196 valence electrons. The second-order valence-corrected chi connectivity index (χ2v) is 8.65. The van der Waals surface area contributed by atoms with Crippen LogP contribution in [0, 0.1) is 12.7 Å². The number of nitrogens with one attached hydrogen (secondary N) is 1. The Hall–Kier alpha value is -3.59. The predicted molar refractivity (Wildman–Crippen MR) is 132 cm³/mol.